The fourth-order valence-electron chi connectivity index (χ4n) is 8.86. The van der Waals surface area contributed by atoms with Crippen molar-refractivity contribution in [3.63, 3.8) is 0 Å². The van der Waals surface area contributed by atoms with Gasteiger partial charge in [-0.2, -0.15) is 0 Å². The lowest BCUT2D eigenvalue weighted by atomic mass is 9.92. The van der Waals surface area contributed by atoms with Crippen LogP contribution in [0.15, 0.2) is 192 Å². The van der Waals surface area contributed by atoms with Crippen molar-refractivity contribution in [3.8, 4) is 39.6 Å². The summed E-state index contributed by atoms with van der Waals surface area (Å²) < 4.78 is 9.41. The van der Waals surface area contributed by atoms with Gasteiger partial charge < -0.3 is 8.98 Å². The SMILES string of the molecule is c1ccc(-c2cc(-c3ccc4c5ccccc5c5ccccc5c4c3)nc(-c3cccc4c3oc3c4ccc4c5ccccc5n(-c5ccccc5)c43)n2)cc1. The number of hydrogen-bond donors (Lipinski definition) is 0. The van der Waals surface area contributed by atoms with Crippen molar-refractivity contribution in [1.82, 2.24) is 14.5 Å². The minimum Gasteiger partial charge on any atom is -0.453 e. The normalized spacial score (nSPS) is 11.9. The summed E-state index contributed by atoms with van der Waals surface area (Å²) in [5, 5.41) is 11.9. The van der Waals surface area contributed by atoms with Gasteiger partial charge in [0.05, 0.1) is 28.0 Å². The summed E-state index contributed by atoms with van der Waals surface area (Å²) in [6, 6.07) is 66.5. The number of hydrogen-bond acceptors (Lipinski definition) is 3. The molecule has 0 spiro atoms. The number of furan rings is 1. The molecule has 0 saturated heterocycles. The van der Waals surface area contributed by atoms with Crippen molar-refractivity contribution < 1.29 is 4.42 Å². The molecular weight excluding hydrogens is 683 g/mol. The van der Waals surface area contributed by atoms with Crippen LogP contribution in [-0.4, -0.2) is 14.5 Å². The van der Waals surface area contributed by atoms with Crippen molar-refractivity contribution in [1.29, 1.82) is 0 Å². The molecule has 4 nitrogen and oxygen atoms in total. The molecule has 0 bridgehead atoms. The lowest BCUT2D eigenvalue weighted by Crippen LogP contribution is -1.96. The highest BCUT2D eigenvalue weighted by Gasteiger charge is 2.22. The van der Waals surface area contributed by atoms with Crippen LogP contribution in [0.3, 0.4) is 0 Å². The van der Waals surface area contributed by atoms with E-state index in [0.717, 1.165) is 72.1 Å². The highest BCUT2D eigenvalue weighted by molar-refractivity contribution is 6.26. The Bertz CT molecular complexity index is 3490. The fraction of sp³-hybridized carbons (Fsp3) is 0. The van der Waals surface area contributed by atoms with Gasteiger partial charge in [-0.3, -0.25) is 0 Å². The van der Waals surface area contributed by atoms with E-state index >= 15 is 0 Å². The van der Waals surface area contributed by atoms with Crippen LogP contribution in [0.4, 0.5) is 0 Å². The molecule has 0 atom stereocenters. The zero-order valence-corrected chi connectivity index (χ0v) is 30.1. The molecule has 3 heterocycles. The predicted molar refractivity (Wildman–Crippen MR) is 232 cm³/mol. The molecule has 0 unspecified atom stereocenters. The van der Waals surface area contributed by atoms with Crippen molar-refractivity contribution in [2.24, 2.45) is 0 Å². The molecule has 0 radical (unpaired) electrons. The highest BCUT2D eigenvalue weighted by atomic mass is 16.3. The molecule has 0 saturated carbocycles. The van der Waals surface area contributed by atoms with E-state index in [1.165, 1.54) is 37.7 Å². The molecule has 12 aromatic rings. The second-order valence-electron chi connectivity index (χ2n) is 14.5. The summed E-state index contributed by atoms with van der Waals surface area (Å²) in [6.07, 6.45) is 0. The van der Waals surface area contributed by atoms with Gasteiger partial charge in [-0.25, -0.2) is 9.97 Å². The van der Waals surface area contributed by atoms with Gasteiger partial charge in [0.15, 0.2) is 11.4 Å². The first-order valence-electron chi connectivity index (χ1n) is 19.0. The second kappa shape index (κ2) is 12.0. The Kier molecular flexibility index (Phi) is 6.60. The van der Waals surface area contributed by atoms with Gasteiger partial charge >= 0.3 is 0 Å². The molecule has 0 aliphatic heterocycles. The third kappa shape index (κ3) is 4.53. The van der Waals surface area contributed by atoms with E-state index in [4.69, 9.17) is 14.4 Å². The summed E-state index contributed by atoms with van der Waals surface area (Å²) in [7, 11) is 0. The molecule has 3 aromatic heterocycles. The molecule has 0 aliphatic rings. The second-order valence-corrected chi connectivity index (χ2v) is 14.5. The first-order valence-corrected chi connectivity index (χ1v) is 19.0. The van der Waals surface area contributed by atoms with Gasteiger partial charge in [0.25, 0.3) is 0 Å². The van der Waals surface area contributed by atoms with Crippen molar-refractivity contribution >= 4 is 76.1 Å². The quantitative estimate of drug-likeness (QED) is 0.171. The monoisotopic (exact) mass is 713 g/mol. The van der Waals surface area contributed by atoms with Crippen LogP contribution in [0.5, 0.6) is 0 Å². The zero-order valence-electron chi connectivity index (χ0n) is 30.1. The van der Waals surface area contributed by atoms with Crippen LogP contribution in [0.1, 0.15) is 0 Å². The minimum atomic E-state index is 0.620. The molecule has 260 valence electrons. The molecule has 0 amide bonds. The van der Waals surface area contributed by atoms with E-state index in [0.29, 0.717) is 5.82 Å². The average Bonchev–Trinajstić information content (AvgIpc) is 3.83. The zero-order chi connectivity index (χ0) is 36.7. The van der Waals surface area contributed by atoms with E-state index in [1.54, 1.807) is 0 Å². The molecule has 4 heteroatoms. The van der Waals surface area contributed by atoms with Crippen LogP contribution in [0, 0.1) is 0 Å². The smallest absolute Gasteiger partial charge is 0.164 e. The van der Waals surface area contributed by atoms with E-state index in [9.17, 15) is 0 Å². The number of rotatable bonds is 4. The van der Waals surface area contributed by atoms with Crippen LogP contribution in [0.2, 0.25) is 0 Å². The average molecular weight is 714 g/mol. The molecular formula is C52H31N3O. The number of para-hydroxylation sites is 3. The van der Waals surface area contributed by atoms with Crippen molar-refractivity contribution in [2.45, 2.75) is 0 Å². The molecule has 0 N–H and O–H groups in total. The Hall–Kier alpha value is -7.56. The van der Waals surface area contributed by atoms with E-state index in [-0.39, 0.29) is 0 Å². The lowest BCUT2D eigenvalue weighted by Gasteiger charge is -2.13. The van der Waals surface area contributed by atoms with E-state index in [1.807, 2.05) is 6.07 Å². The van der Waals surface area contributed by atoms with Crippen LogP contribution >= 0.6 is 0 Å². The lowest BCUT2D eigenvalue weighted by molar-refractivity contribution is 0.671. The summed E-state index contributed by atoms with van der Waals surface area (Å²) in [4.78, 5) is 10.6. The van der Waals surface area contributed by atoms with Crippen LogP contribution < -0.4 is 0 Å². The van der Waals surface area contributed by atoms with Gasteiger partial charge in [0, 0.05) is 38.4 Å². The minimum absolute atomic E-state index is 0.620. The Morgan fingerprint density at radius 3 is 1.62 bits per heavy atom. The summed E-state index contributed by atoms with van der Waals surface area (Å²) in [5.74, 6) is 0.620. The number of aromatic nitrogens is 3. The first-order chi connectivity index (χ1) is 27.8. The predicted octanol–water partition coefficient (Wildman–Crippen LogP) is 13.9. The Morgan fingerprint density at radius 2 is 0.893 bits per heavy atom. The van der Waals surface area contributed by atoms with Crippen molar-refractivity contribution in [3.05, 3.63) is 188 Å². The molecule has 0 aliphatic carbocycles. The van der Waals surface area contributed by atoms with Crippen LogP contribution in [-0.2, 0) is 0 Å². The Labute approximate surface area is 321 Å². The molecule has 12 rings (SSSR count). The Balaban J connectivity index is 1.12. The van der Waals surface area contributed by atoms with Crippen molar-refractivity contribution in [2.75, 3.05) is 0 Å². The maximum atomic E-state index is 7.08. The van der Waals surface area contributed by atoms with Gasteiger partial charge in [0.2, 0.25) is 0 Å². The van der Waals surface area contributed by atoms with Gasteiger partial charge in [-0.15, -0.1) is 0 Å². The van der Waals surface area contributed by atoms with Gasteiger partial charge in [-0.05, 0) is 74.8 Å². The van der Waals surface area contributed by atoms with Gasteiger partial charge in [0.1, 0.15) is 5.58 Å². The molecule has 0 fully saturated rings. The topological polar surface area (TPSA) is 43.9 Å². The Morgan fingerprint density at radius 1 is 0.357 bits per heavy atom. The summed E-state index contributed by atoms with van der Waals surface area (Å²) in [6.45, 7) is 0. The highest BCUT2D eigenvalue weighted by Crippen LogP contribution is 2.43. The summed E-state index contributed by atoms with van der Waals surface area (Å²) >= 11 is 0. The number of fused-ring (bicyclic) bond motifs is 13. The summed E-state index contributed by atoms with van der Waals surface area (Å²) in [5.41, 5.74) is 9.52. The largest absolute Gasteiger partial charge is 0.453 e. The standard InChI is InChI=1S/C52H31N3O/c1-3-14-32(15-4-1)46-31-47(33-26-27-39-37-20-8-7-18-35(37)36-19-9-10-21-38(36)45(39)30-33)54-52(53-46)44-24-13-23-42-43-29-28-41-40-22-11-12-25-48(40)55(34-16-5-2-6-17-34)49(41)51(43)56-50(42)44/h1-31H. The third-order valence-electron chi connectivity index (χ3n) is 11.4. The maximum absolute atomic E-state index is 7.08. The molecule has 9 aromatic carbocycles. The molecule has 56 heavy (non-hydrogen) atoms. The van der Waals surface area contributed by atoms with Crippen LogP contribution in [0.25, 0.3) is 116 Å². The third-order valence-corrected chi connectivity index (χ3v) is 11.4. The van der Waals surface area contributed by atoms with E-state index in [2.05, 4.69) is 187 Å². The first kappa shape index (κ1) is 30.9. The maximum Gasteiger partial charge on any atom is 0.164 e. The van der Waals surface area contributed by atoms with E-state index < -0.39 is 0 Å². The fourth-order valence-corrected chi connectivity index (χ4v) is 8.86. The van der Waals surface area contributed by atoms with Gasteiger partial charge in [-0.1, -0.05) is 146 Å². The number of nitrogens with zero attached hydrogens (tertiary/aromatic N) is 3. The number of benzene rings is 9.